The molecule has 1 aliphatic rings. The number of rotatable bonds is 5. The Kier molecular flexibility index (Phi) is 5.37. The van der Waals surface area contributed by atoms with Crippen LogP contribution in [-0.4, -0.2) is 26.7 Å². The van der Waals surface area contributed by atoms with Gasteiger partial charge in [0, 0.05) is 18.0 Å². The monoisotopic (exact) mass is 433 g/mol. The van der Waals surface area contributed by atoms with Crippen molar-refractivity contribution in [3.8, 4) is 0 Å². The van der Waals surface area contributed by atoms with Gasteiger partial charge in [-0.15, -0.1) is 0 Å². The Labute approximate surface area is 170 Å². The number of fused-ring (bicyclic) bond motifs is 1. The molecule has 1 aliphatic carbocycles. The Hall–Kier alpha value is -2.23. The number of nitrogens with zero attached hydrogens (tertiary/aromatic N) is 2. The first kappa shape index (κ1) is 22.5. The van der Waals surface area contributed by atoms with Gasteiger partial charge < -0.3 is 9.67 Å². The smallest absolute Gasteiger partial charge is 0.386 e. The van der Waals surface area contributed by atoms with Gasteiger partial charge in [-0.3, -0.25) is 10.1 Å². The number of aliphatic hydroxyl groups is 1. The highest BCUT2D eigenvalue weighted by Gasteiger charge is 2.48. The summed E-state index contributed by atoms with van der Waals surface area (Å²) in [5.74, 6) is -2.94. The van der Waals surface area contributed by atoms with Crippen molar-refractivity contribution in [1.29, 1.82) is 0 Å². The second kappa shape index (κ2) is 7.18. The lowest BCUT2D eigenvalue weighted by molar-refractivity contribution is -0.213. The number of nitrogens with one attached hydrogen (secondary N) is 1. The minimum atomic E-state index is -4.60. The highest BCUT2D eigenvalue weighted by atomic mass is 19.4. The lowest BCUT2D eigenvalue weighted by Gasteiger charge is -2.30. The van der Waals surface area contributed by atoms with Crippen molar-refractivity contribution in [2.45, 2.75) is 71.2 Å². The molecule has 1 fully saturated rings. The van der Waals surface area contributed by atoms with Crippen molar-refractivity contribution in [2.24, 2.45) is 5.41 Å². The molecule has 30 heavy (non-hydrogen) atoms. The number of aromatic nitrogens is 2. The standard InChI is InChI=1S/C20H24F5N3O2/c1-18(2,20(23,24)25)9-13(29)26-17-27-15-12(21)8-11(19(3,4)30)14(22)16(15)28(17)10-6-5-7-10/h8,10,30H,5-7,9H2,1-4H3,(H,26,27,29). The molecule has 0 unspecified atom stereocenters. The first-order chi connectivity index (χ1) is 13.6. The number of amides is 1. The summed E-state index contributed by atoms with van der Waals surface area (Å²) in [6.45, 7) is 4.41. The maximum atomic E-state index is 15.3. The quantitative estimate of drug-likeness (QED) is 0.639. The molecule has 0 aliphatic heterocycles. The number of carbonyl (C=O) groups excluding carboxylic acids is 1. The summed E-state index contributed by atoms with van der Waals surface area (Å²) < 4.78 is 70.6. The molecule has 1 aromatic carbocycles. The molecule has 0 bridgehead atoms. The number of imidazole rings is 1. The van der Waals surface area contributed by atoms with Gasteiger partial charge in [0.15, 0.2) is 11.6 Å². The normalized spacial score (nSPS) is 16.1. The fourth-order valence-electron chi connectivity index (χ4n) is 3.40. The average molecular weight is 433 g/mol. The second-order valence-electron chi connectivity index (χ2n) is 8.97. The molecule has 0 spiro atoms. The summed E-state index contributed by atoms with van der Waals surface area (Å²) in [4.78, 5) is 16.3. The molecule has 0 radical (unpaired) electrons. The van der Waals surface area contributed by atoms with Gasteiger partial charge in [-0.05, 0) is 39.2 Å². The number of carbonyl (C=O) groups is 1. The van der Waals surface area contributed by atoms with Gasteiger partial charge in [0.1, 0.15) is 11.0 Å². The van der Waals surface area contributed by atoms with E-state index in [2.05, 4.69) is 10.3 Å². The van der Waals surface area contributed by atoms with E-state index in [1.807, 2.05) is 0 Å². The van der Waals surface area contributed by atoms with E-state index in [0.29, 0.717) is 12.8 Å². The third kappa shape index (κ3) is 3.89. The predicted molar refractivity (Wildman–Crippen MR) is 101 cm³/mol. The average Bonchev–Trinajstić information content (AvgIpc) is 2.86. The van der Waals surface area contributed by atoms with Crippen LogP contribution in [0.3, 0.4) is 0 Å². The topological polar surface area (TPSA) is 67.2 Å². The summed E-state index contributed by atoms with van der Waals surface area (Å²) in [6.07, 6.45) is -3.40. The second-order valence-corrected chi connectivity index (χ2v) is 8.97. The molecule has 3 rings (SSSR count). The van der Waals surface area contributed by atoms with E-state index >= 15 is 4.39 Å². The highest BCUT2D eigenvalue weighted by molar-refractivity contribution is 5.92. The molecule has 1 amide bonds. The third-order valence-corrected chi connectivity index (χ3v) is 5.57. The van der Waals surface area contributed by atoms with Crippen molar-refractivity contribution in [3.05, 3.63) is 23.3 Å². The zero-order valence-corrected chi connectivity index (χ0v) is 17.1. The lowest BCUT2D eigenvalue weighted by atomic mass is 9.88. The minimum absolute atomic E-state index is 0.205. The van der Waals surface area contributed by atoms with Crippen LogP contribution < -0.4 is 5.32 Å². The Morgan fingerprint density at radius 2 is 1.83 bits per heavy atom. The summed E-state index contributed by atoms with van der Waals surface area (Å²) in [5.41, 5.74) is -4.80. The fourth-order valence-corrected chi connectivity index (χ4v) is 3.40. The molecule has 2 aromatic rings. The van der Waals surface area contributed by atoms with Gasteiger partial charge in [-0.1, -0.05) is 13.8 Å². The number of hydrogen-bond donors (Lipinski definition) is 2. The largest absolute Gasteiger partial charge is 0.394 e. The predicted octanol–water partition coefficient (Wildman–Crippen LogP) is 5.18. The van der Waals surface area contributed by atoms with Crippen LogP contribution in [0, 0.1) is 17.0 Å². The minimum Gasteiger partial charge on any atom is -0.386 e. The van der Waals surface area contributed by atoms with Crippen LogP contribution in [0.15, 0.2) is 6.07 Å². The number of halogens is 5. The molecule has 1 aromatic heterocycles. The Morgan fingerprint density at radius 3 is 2.30 bits per heavy atom. The van der Waals surface area contributed by atoms with Crippen LogP contribution in [0.2, 0.25) is 0 Å². The molecule has 5 nitrogen and oxygen atoms in total. The molecule has 0 atom stereocenters. The summed E-state index contributed by atoms with van der Waals surface area (Å²) in [5, 5.41) is 12.5. The number of anilines is 1. The maximum absolute atomic E-state index is 15.3. The molecule has 0 saturated heterocycles. The van der Waals surface area contributed by atoms with Gasteiger partial charge in [-0.2, -0.15) is 13.2 Å². The van der Waals surface area contributed by atoms with Gasteiger partial charge in [0.25, 0.3) is 0 Å². The number of hydrogen-bond acceptors (Lipinski definition) is 3. The molecule has 1 heterocycles. The van der Waals surface area contributed by atoms with Gasteiger partial charge in [0.05, 0.1) is 11.0 Å². The summed E-state index contributed by atoms with van der Waals surface area (Å²) in [6, 6.07) is 0.556. The van der Waals surface area contributed by atoms with Crippen molar-refractivity contribution in [2.75, 3.05) is 5.32 Å². The van der Waals surface area contributed by atoms with Gasteiger partial charge in [0.2, 0.25) is 11.9 Å². The summed E-state index contributed by atoms with van der Waals surface area (Å²) >= 11 is 0. The summed E-state index contributed by atoms with van der Waals surface area (Å²) in [7, 11) is 0. The molecular weight excluding hydrogens is 409 g/mol. The Balaban J connectivity index is 2.08. The van der Waals surface area contributed by atoms with Crippen LogP contribution in [0.5, 0.6) is 0 Å². The third-order valence-electron chi connectivity index (χ3n) is 5.57. The first-order valence-corrected chi connectivity index (χ1v) is 9.63. The van der Waals surface area contributed by atoms with E-state index in [-0.39, 0.29) is 28.6 Å². The zero-order valence-electron chi connectivity index (χ0n) is 17.1. The van der Waals surface area contributed by atoms with E-state index in [9.17, 15) is 27.5 Å². The lowest BCUT2D eigenvalue weighted by Crippen LogP contribution is -2.36. The van der Waals surface area contributed by atoms with Crippen LogP contribution in [-0.2, 0) is 10.4 Å². The van der Waals surface area contributed by atoms with E-state index in [1.54, 1.807) is 0 Å². The molecule has 166 valence electrons. The molecule has 10 heteroatoms. The van der Waals surface area contributed by atoms with Crippen molar-refractivity contribution in [3.63, 3.8) is 0 Å². The SMILES string of the molecule is CC(C)(O)c1cc(F)c2nc(NC(=O)CC(C)(C)C(F)(F)F)n(C3CCC3)c2c1F. The Morgan fingerprint density at radius 1 is 1.23 bits per heavy atom. The fraction of sp³-hybridized carbons (Fsp3) is 0.600. The van der Waals surface area contributed by atoms with Crippen LogP contribution >= 0.6 is 0 Å². The van der Waals surface area contributed by atoms with E-state index < -0.39 is 41.2 Å². The Bertz CT molecular complexity index is 985. The van der Waals surface area contributed by atoms with Gasteiger partial charge >= 0.3 is 6.18 Å². The van der Waals surface area contributed by atoms with Crippen molar-refractivity contribution >= 4 is 22.9 Å². The number of alkyl halides is 3. The van der Waals surface area contributed by atoms with E-state index in [0.717, 1.165) is 26.3 Å². The highest BCUT2D eigenvalue weighted by Crippen LogP contribution is 2.42. The van der Waals surface area contributed by atoms with Crippen molar-refractivity contribution in [1.82, 2.24) is 9.55 Å². The van der Waals surface area contributed by atoms with Gasteiger partial charge in [-0.25, -0.2) is 13.8 Å². The van der Waals surface area contributed by atoms with Crippen LogP contribution in [0.4, 0.5) is 27.9 Å². The number of benzene rings is 1. The van der Waals surface area contributed by atoms with Crippen LogP contribution in [0.25, 0.3) is 11.0 Å². The zero-order chi connectivity index (χ0) is 22.6. The molecule has 2 N–H and O–H groups in total. The maximum Gasteiger partial charge on any atom is 0.394 e. The van der Waals surface area contributed by atoms with E-state index in [1.165, 1.54) is 18.4 Å². The first-order valence-electron chi connectivity index (χ1n) is 9.63. The molecule has 1 saturated carbocycles. The van der Waals surface area contributed by atoms with Crippen LogP contribution in [0.1, 0.15) is 65.0 Å². The van der Waals surface area contributed by atoms with E-state index in [4.69, 9.17) is 0 Å². The van der Waals surface area contributed by atoms with Crippen molar-refractivity contribution < 1.29 is 31.9 Å². The molecular formula is C20H24F5N3O2.